The molecule has 108 valence electrons. The van der Waals surface area contributed by atoms with Gasteiger partial charge >= 0.3 is 0 Å². The molecule has 0 aliphatic carbocycles. The lowest BCUT2D eigenvalue weighted by Crippen LogP contribution is -2.30. The maximum atomic E-state index is 12.2. The third-order valence-corrected chi connectivity index (χ3v) is 3.57. The van der Waals surface area contributed by atoms with Gasteiger partial charge in [0.2, 0.25) is 0 Å². The van der Waals surface area contributed by atoms with Crippen LogP contribution >= 0.6 is 15.9 Å². The number of carbonyl (C=O) groups is 1. The van der Waals surface area contributed by atoms with Crippen LogP contribution in [0.1, 0.15) is 17.4 Å². The molecule has 1 aromatic heterocycles. The van der Waals surface area contributed by atoms with E-state index in [4.69, 9.17) is 5.26 Å². The number of amides is 1. The average molecular weight is 347 g/mol. The lowest BCUT2D eigenvalue weighted by molar-refractivity contribution is 0.0780. The van der Waals surface area contributed by atoms with Gasteiger partial charge in [-0.05, 0) is 31.2 Å². The van der Waals surface area contributed by atoms with E-state index in [0.717, 1.165) is 10.2 Å². The van der Waals surface area contributed by atoms with Gasteiger partial charge in [0.15, 0.2) is 0 Å². The zero-order valence-electron chi connectivity index (χ0n) is 11.8. The lowest BCUT2D eigenvalue weighted by Gasteiger charge is -2.16. The Balaban J connectivity index is 2.14. The quantitative estimate of drug-likeness (QED) is 0.854. The second-order valence-corrected chi connectivity index (χ2v) is 5.77. The molecule has 0 radical (unpaired) electrons. The zero-order valence-corrected chi connectivity index (χ0v) is 13.4. The van der Waals surface area contributed by atoms with Gasteiger partial charge in [-0.2, -0.15) is 5.26 Å². The Labute approximate surface area is 131 Å². The highest BCUT2D eigenvalue weighted by atomic mass is 79.9. The highest BCUT2D eigenvalue weighted by Crippen LogP contribution is 2.15. The number of imidazole rings is 1. The average Bonchev–Trinajstić information content (AvgIpc) is 2.96. The summed E-state index contributed by atoms with van der Waals surface area (Å²) >= 11 is 3.38. The Kier molecular flexibility index (Phi) is 4.76. The first kappa shape index (κ1) is 15.3. The van der Waals surface area contributed by atoms with Crippen LogP contribution in [0.15, 0.2) is 41.3 Å². The van der Waals surface area contributed by atoms with Crippen molar-refractivity contribution in [3.63, 3.8) is 0 Å². The van der Waals surface area contributed by atoms with E-state index in [1.165, 1.54) is 4.90 Å². The number of carbonyl (C=O) groups excluding carboxylic acids is 1. The second-order valence-electron chi connectivity index (χ2n) is 4.86. The Morgan fingerprint density at radius 1 is 1.48 bits per heavy atom. The van der Waals surface area contributed by atoms with Crippen molar-refractivity contribution in [3.05, 3.63) is 47.0 Å². The smallest absolute Gasteiger partial charge is 0.273 e. The maximum Gasteiger partial charge on any atom is 0.273 e. The first-order valence-corrected chi connectivity index (χ1v) is 7.25. The molecule has 0 saturated heterocycles. The number of halogens is 1. The summed E-state index contributed by atoms with van der Waals surface area (Å²) in [6.07, 6.45) is 3.30. The number of nitrogens with zero attached hydrogens (tertiary/aromatic N) is 4. The van der Waals surface area contributed by atoms with Crippen molar-refractivity contribution in [1.29, 1.82) is 5.26 Å². The van der Waals surface area contributed by atoms with Crippen molar-refractivity contribution in [2.45, 2.75) is 6.92 Å². The van der Waals surface area contributed by atoms with Crippen LogP contribution in [-0.2, 0) is 0 Å². The third kappa shape index (κ3) is 3.70. The molecule has 1 atom stereocenters. The number of nitriles is 1. The summed E-state index contributed by atoms with van der Waals surface area (Å²) in [5.74, 6) is -0.388. The molecule has 5 nitrogen and oxygen atoms in total. The number of aromatic nitrogens is 2. The highest BCUT2D eigenvalue weighted by Gasteiger charge is 2.16. The van der Waals surface area contributed by atoms with Gasteiger partial charge in [-0.25, -0.2) is 4.98 Å². The van der Waals surface area contributed by atoms with Crippen LogP contribution in [0.25, 0.3) is 5.69 Å². The number of benzene rings is 1. The molecule has 6 heteroatoms. The van der Waals surface area contributed by atoms with Gasteiger partial charge in [0.05, 0.1) is 12.0 Å². The second kappa shape index (κ2) is 6.55. The fraction of sp³-hybridized carbons (Fsp3) is 0.267. The normalized spacial score (nSPS) is 11.7. The molecule has 0 saturated carbocycles. The molecular formula is C15H15BrN4O. The van der Waals surface area contributed by atoms with Gasteiger partial charge in [0.25, 0.3) is 5.91 Å². The van der Waals surface area contributed by atoms with Gasteiger partial charge in [-0.1, -0.05) is 15.9 Å². The Morgan fingerprint density at radius 3 is 2.76 bits per heavy atom. The number of hydrogen-bond donors (Lipinski definition) is 0. The first-order valence-electron chi connectivity index (χ1n) is 6.46. The van der Waals surface area contributed by atoms with Crippen molar-refractivity contribution in [2.75, 3.05) is 13.6 Å². The van der Waals surface area contributed by atoms with E-state index in [2.05, 4.69) is 27.0 Å². The minimum atomic E-state index is -0.201. The lowest BCUT2D eigenvalue weighted by atomic mass is 10.2. The predicted molar refractivity (Wildman–Crippen MR) is 83.0 cm³/mol. The molecule has 21 heavy (non-hydrogen) atoms. The third-order valence-electron chi connectivity index (χ3n) is 3.04. The van der Waals surface area contributed by atoms with Crippen LogP contribution in [0.5, 0.6) is 0 Å². The molecule has 0 bridgehead atoms. The summed E-state index contributed by atoms with van der Waals surface area (Å²) in [7, 11) is 1.68. The van der Waals surface area contributed by atoms with Gasteiger partial charge in [-0.3, -0.25) is 4.79 Å². The molecule has 0 aliphatic heterocycles. The minimum absolute atomic E-state index is 0.187. The van der Waals surface area contributed by atoms with Crippen LogP contribution in [-0.4, -0.2) is 34.0 Å². The molecule has 0 unspecified atom stereocenters. The van der Waals surface area contributed by atoms with E-state index >= 15 is 0 Å². The van der Waals surface area contributed by atoms with Crippen LogP contribution in [0.2, 0.25) is 0 Å². The molecule has 2 aromatic rings. The summed E-state index contributed by atoms with van der Waals surface area (Å²) in [4.78, 5) is 17.9. The number of hydrogen-bond acceptors (Lipinski definition) is 3. The molecule has 0 N–H and O–H groups in total. The van der Waals surface area contributed by atoms with E-state index in [1.54, 1.807) is 31.1 Å². The minimum Gasteiger partial charge on any atom is -0.339 e. The molecule has 1 amide bonds. The fourth-order valence-electron chi connectivity index (χ4n) is 1.92. The largest absolute Gasteiger partial charge is 0.339 e. The van der Waals surface area contributed by atoms with Gasteiger partial charge in [-0.15, -0.1) is 0 Å². The van der Waals surface area contributed by atoms with Gasteiger partial charge in [0, 0.05) is 29.9 Å². The standard InChI is InChI=1S/C15H15BrN4O/c1-11(7-17)8-19(2)15(21)14-9-20(10-18-14)13-5-3-12(16)4-6-13/h3-6,9-11H,8H2,1-2H3/t11-/m1/s1. The van der Waals surface area contributed by atoms with Crippen LogP contribution in [0.4, 0.5) is 0 Å². The Hall–Kier alpha value is -2.13. The fourth-order valence-corrected chi connectivity index (χ4v) is 2.18. The molecule has 1 heterocycles. The first-order chi connectivity index (χ1) is 10.0. The van der Waals surface area contributed by atoms with Crippen molar-refractivity contribution >= 4 is 21.8 Å². The van der Waals surface area contributed by atoms with Crippen molar-refractivity contribution in [1.82, 2.24) is 14.5 Å². The molecule has 0 aliphatic rings. The monoisotopic (exact) mass is 346 g/mol. The van der Waals surface area contributed by atoms with E-state index in [1.807, 2.05) is 24.3 Å². The van der Waals surface area contributed by atoms with E-state index in [-0.39, 0.29) is 11.8 Å². The SMILES string of the molecule is C[C@H](C#N)CN(C)C(=O)c1cn(-c2ccc(Br)cc2)cn1. The summed E-state index contributed by atoms with van der Waals surface area (Å²) < 4.78 is 2.79. The molecule has 0 fully saturated rings. The van der Waals surface area contributed by atoms with Crippen LogP contribution in [0, 0.1) is 17.2 Å². The maximum absolute atomic E-state index is 12.2. The van der Waals surface area contributed by atoms with Crippen LogP contribution in [0.3, 0.4) is 0 Å². The van der Waals surface area contributed by atoms with Crippen molar-refractivity contribution in [3.8, 4) is 11.8 Å². The molecule has 0 spiro atoms. The Bertz CT molecular complexity index is 672. The van der Waals surface area contributed by atoms with Crippen molar-refractivity contribution < 1.29 is 4.79 Å². The number of rotatable bonds is 4. The Morgan fingerprint density at radius 2 is 2.14 bits per heavy atom. The van der Waals surface area contributed by atoms with Gasteiger partial charge < -0.3 is 9.47 Å². The predicted octanol–water partition coefficient (Wildman–Crippen LogP) is 2.87. The van der Waals surface area contributed by atoms with Gasteiger partial charge in [0.1, 0.15) is 12.0 Å². The van der Waals surface area contributed by atoms with Crippen LogP contribution < -0.4 is 0 Å². The van der Waals surface area contributed by atoms with Crippen molar-refractivity contribution in [2.24, 2.45) is 5.92 Å². The molecular weight excluding hydrogens is 332 g/mol. The summed E-state index contributed by atoms with van der Waals surface area (Å²) in [5.41, 5.74) is 1.29. The molecule has 2 rings (SSSR count). The molecule has 1 aromatic carbocycles. The van der Waals surface area contributed by atoms with E-state index < -0.39 is 0 Å². The zero-order chi connectivity index (χ0) is 15.4. The van der Waals surface area contributed by atoms with E-state index in [9.17, 15) is 4.79 Å². The summed E-state index contributed by atoms with van der Waals surface area (Å²) in [5, 5.41) is 8.80. The van der Waals surface area contributed by atoms with E-state index in [0.29, 0.717) is 12.2 Å². The highest BCUT2D eigenvalue weighted by molar-refractivity contribution is 9.10. The topological polar surface area (TPSA) is 61.9 Å². The summed E-state index contributed by atoms with van der Waals surface area (Å²) in [6, 6.07) is 9.83. The summed E-state index contributed by atoms with van der Waals surface area (Å²) in [6.45, 7) is 2.17.